The van der Waals surface area contributed by atoms with Crippen LogP contribution in [0.25, 0.3) is 22.4 Å². The lowest BCUT2D eigenvalue weighted by Gasteiger charge is -2.00. The van der Waals surface area contributed by atoms with Crippen LogP contribution in [0.2, 0.25) is 10.0 Å². The highest BCUT2D eigenvalue weighted by Gasteiger charge is 2.11. The van der Waals surface area contributed by atoms with Gasteiger partial charge < -0.3 is 4.98 Å². The van der Waals surface area contributed by atoms with E-state index in [1.165, 1.54) is 12.1 Å². The van der Waals surface area contributed by atoms with Crippen molar-refractivity contribution in [2.75, 3.05) is 0 Å². The van der Waals surface area contributed by atoms with Crippen LogP contribution >= 0.6 is 39.1 Å². The zero-order valence-electron chi connectivity index (χ0n) is 9.35. The quantitative estimate of drug-likeness (QED) is 0.615. The fraction of sp³-hybridized carbons (Fsp3) is 0. The standard InChI is InChI=1S/C13H6BrCl2FN2/c14-8-2-1-6(17)3-7(8)13-18-11-4-9(15)10(16)5-12(11)19-13/h1-5H,(H,18,19). The van der Waals surface area contributed by atoms with Crippen LogP contribution in [0.5, 0.6) is 0 Å². The highest BCUT2D eigenvalue weighted by Crippen LogP contribution is 2.31. The molecular weight excluding hydrogens is 354 g/mol. The predicted molar refractivity (Wildman–Crippen MR) is 79.2 cm³/mol. The second-order valence-corrected chi connectivity index (χ2v) is 5.66. The number of halogens is 4. The van der Waals surface area contributed by atoms with E-state index in [0.717, 1.165) is 9.99 Å². The van der Waals surface area contributed by atoms with Crippen molar-refractivity contribution in [3.8, 4) is 11.4 Å². The summed E-state index contributed by atoms with van der Waals surface area (Å²) in [5, 5.41) is 0.883. The number of nitrogens with zero attached hydrogens (tertiary/aromatic N) is 1. The molecule has 0 amide bonds. The van der Waals surface area contributed by atoms with Crippen molar-refractivity contribution < 1.29 is 4.39 Å². The Morgan fingerprint density at radius 2 is 1.84 bits per heavy atom. The lowest BCUT2D eigenvalue weighted by atomic mass is 10.2. The van der Waals surface area contributed by atoms with Gasteiger partial charge in [-0.15, -0.1) is 0 Å². The third kappa shape index (κ3) is 2.36. The molecule has 0 saturated carbocycles. The van der Waals surface area contributed by atoms with Gasteiger partial charge in [-0.25, -0.2) is 9.37 Å². The number of aromatic amines is 1. The Morgan fingerprint density at radius 1 is 1.11 bits per heavy atom. The summed E-state index contributed by atoms with van der Waals surface area (Å²) in [5.74, 6) is 0.231. The third-order valence-corrected chi connectivity index (χ3v) is 4.12. The van der Waals surface area contributed by atoms with E-state index in [4.69, 9.17) is 23.2 Å². The Kier molecular flexibility index (Phi) is 3.25. The molecule has 0 aliphatic heterocycles. The first kappa shape index (κ1) is 12.9. The summed E-state index contributed by atoms with van der Waals surface area (Å²) in [6.45, 7) is 0. The molecule has 3 aromatic rings. The fourth-order valence-corrected chi connectivity index (χ4v) is 2.57. The minimum Gasteiger partial charge on any atom is -0.338 e. The molecule has 96 valence electrons. The number of benzene rings is 2. The van der Waals surface area contributed by atoms with Gasteiger partial charge in [-0.05, 0) is 30.3 Å². The molecule has 0 aliphatic carbocycles. The first-order valence-electron chi connectivity index (χ1n) is 5.35. The van der Waals surface area contributed by atoms with E-state index in [-0.39, 0.29) is 5.82 Å². The molecule has 0 atom stereocenters. The zero-order chi connectivity index (χ0) is 13.6. The number of hydrogen-bond donors (Lipinski definition) is 1. The SMILES string of the molecule is Fc1ccc(Br)c(-c2nc3cc(Cl)c(Cl)cc3[nH]2)c1. The van der Waals surface area contributed by atoms with Gasteiger partial charge in [0.25, 0.3) is 0 Å². The number of rotatable bonds is 1. The summed E-state index contributed by atoms with van der Waals surface area (Å²) in [6, 6.07) is 7.79. The van der Waals surface area contributed by atoms with Crippen molar-refractivity contribution in [1.29, 1.82) is 0 Å². The minimum atomic E-state index is -0.324. The molecule has 3 rings (SSSR count). The number of imidazole rings is 1. The molecule has 6 heteroatoms. The molecule has 0 unspecified atom stereocenters. The van der Waals surface area contributed by atoms with Crippen molar-refractivity contribution in [3.63, 3.8) is 0 Å². The Morgan fingerprint density at radius 3 is 2.63 bits per heavy atom. The van der Waals surface area contributed by atoms with Crippen LogP contribution in [0.4, 0.5) is 4.39 Å². The largest absolute Gasteiger partial charge is 0.338 e. The normalized spacial score (nSPS) is 11.2. The van der Waals surface area contributed by atoms with E-state index in [1.807, 2.05) is 0 Å². The first-order valence-corrected chi connectivity index (χ1v) is 6.89. The van der Waals surface area contributed by atoms with Crippen molar-refractivity contribution in [2.24, 2.45) is 0 Å². The number of aromatic nitrogens is 2. The molecule has 0 spiro atoms. The molecule has 1 heterocycles. The molecule has 0 aliphatic rings. The van der Waals surface area contributed by atoms with E-state index < -0.39 is 0 Å². The Labute approximate surface area is 126 Å². The van der Waals surface area contributed by atoms with E-state index in [9.17, 15) is 4.39 Å². The Hall–Kier alpha value is -1.10. The first-order chi connectivity index (χ1) is 9.04. The minimum absolute atomic E-state index is 0.324. The number of fused-ring (bicyclic) bond motifs is 1. The van der Waals surface area contributed by atoms with E-state index in [0.29, 0.717) is 26.9 Å². The van der Waals surface area contributed by atoms with Gasteiger partial charge in [0.05, 0.1) is 21.1 Å². The molecule has 0 fully saturated rings. The molecule has 1 N–H and O–H groups in total. The van der Waals surface area contributed by atoms with E-state index in [2.05, 4.69) is 25.9 Å². The van der Waals surface area contributed by atoms with Crippen LogP contribution in [0.1, 0.15) is 0 Å². The summed E-state index contributed by atoms with van der Waals surface area (Å²) >= 11 is 15.3. The van der Waals surface area contributed by atoms with E-state index in [1.54, 1.807) is 18.2 Å². The molecule has 0 saturated heterocycles. The fourth-order valence-electron chi connectivity index (χ4n) is 1.81. The van der Waals surface area contributed by atoms with Crippen LogP contribution in [0.15, 0.2) is 34.8 Å². The van der Waals surface area contributed by atoms with Gasteiger partial charge in [0.15, 0.2) is 0 Å². The van der Waals surface area contributed by atoms with Crippen LogP contribution in [-0.4, -0.2) is 9.97 Å². The number of hydrogen-bond acceptors (Lipinski definition) is 1. The molecular formula is C13H6BrCl2FN2. The summed E-state index contributed by atoms with van der Waals surface area (Å²) in [7, 11) is 0. The zero-order valence-corrected chi connectivity index (χ0v) is 12.4. The smallest absolute Gasteiger partial charge is 0.139 e. The molecule has 19 heavy (non-hydrogen) atoms. The molecule has 2 aromatic carbocycles. The van der Waals surface area contributed by atoms with Gasteiger partial charge >= 0.3 is 0 Å². The van der Waals surface area contributed by atoms with Crippen molar-refractivity contribution in [3.05, 3.63) is 50.7 Å². The second-order valence-electron chi connectivity index (χ2n) is 3.99. The Balaban J connectivity index is 2.23. The third-order valence-electron chi connectivity index (χ3n) is 2.71. The van der Waals surface area contributed by atoms with Gasteiger partial charge in [0.1, 0.15) is 11.6 Å². The molecule has 1 aromatic heterocycles. The average molecular weight is 360 g/mol. The van der Waals surface area contributed by atoms with Gasteiger partial charge in [-0.3, -0.25) is 0 Å². The number of H-pyrrole nitrogens is 1. The van der Waals surface area contributed by atoms with Crippen LogP contribution in [-0.2, 0) is 0 Å². The highest BCUT2D eigenvalue weighted by atomic mass is 79.9. The molecule has 2 nitrogen and oxygen atoms in total. The summed E-state index contributed by atoms with van der Waals surface area (Å²) in [5.41, 5.74) is 2.07. The summed E-state index contributed by atoms with van der Waals surface area (Å²) < 4.78 is 14.1. The van der Waals surface area contributed by atoms with Gasteiger partial charge in [0.2, 0.25) is 0 Å². The van der Waals surface area contributed by atoms with Gasteiger partial charge in [-0.1, -0.05) is 39.1 Å². The monoisotopic (exact) mass is 358 g/mol. The highest BCUT2D eigenvalue weighted by molar-refractivity contribution is 9.10. The van der Waals surface area contributed by atoms with Crippen LogP contribution in [0.3, 0.4) is 0 Å². The molecule has 0 radical (unpaired) electrons. The van der Waals surface area contributed by atoms with Gasteiger partial charge in [-0.2, -0.15) is 0 Å². The number of nitrogens with one attached hydrogen (secondary N) is 1. The van der Waals surface area contributed by atoms with Gasteiger partial charge in [0, 0.05) is 10.0 Å². The Bertz CT molecular complexity index is 747. The van der Waals surface area contributed by atoms with Crippen molar-refractivity contribution in [2.45, 2.75) is 0 Å². The summed E-state index contributed by atoms with van der Waals surface area (Å²) in [6.07, 6.45) is 0. The van der Waals surface area contributed by atoms with Crippen molar-refractivity contribution >= 4 is 50.2 Å². The second kappa shape index (κ2) is 4.78. The maximum atomic E-state index is 13.3. The van der Waals surface area contributed by atoms with Crippen LogP contribution < -0.4 is 0 Å². The predicted octanol–water partition coefficient (Wildman–Crippen LogP) is 5.44. The molecule has 0 bridgehead atoms. The van der Waals surface area contributed by atoms with Crippen LogP contribution in [0, 0.1) is 5.82 Å². The van der Waals surface area contributed by atoms with E-state index >= 15 is 0 Å². The summed E-state index contributed by atoms with van der Waals surface area (Å²) in [4.78, 5) is 7.49. The lowest BCUT2D eigenvalue weighted by molar-refractivity contribution is 0.628. The maximum absolute atomic E-state index is 13.3. The topological polar surface area (TPSA) is 28.7 Å². The maximum Gasteiger partial charge on any atom is 0.139 e. The average Bonchev–Trinajstić information content (AvgIpc) is 2.75. The van der Waals surface area contributed by atoms with Crippen molar-refractivity contribution in [1.82, 2.24) is 9.97 Å². The lowest BCUT2D eigenvalue weighted by Crippen LogP contribution is -1.84.